The topological polar surface area (TPSA) is 73.4 Å². The van der Waals surface area contributed by atoms with Crippen LogP contribution in [-0.4, -0.2) is 39.6 Å². The van der Waals surface area contributed by atoms with E-state index in [0.717, 1.165) is 24.6 Å². The summed E-state index contributed by atoms with van der Waals surface area (Å²) < 4.78 is 0. The van der Waals surface area contributed by atoms with Crippen molar-refractivity contribution in [1.29, 1.82) is 0 Å². The molecule has 22 heavy (non-hydrogen) atoms. The van der Waals surface area contributed by atoms with Crippen molar-refractivity contribution in [3.63, 3.8) is 0 Å². The van der Waals surface area contributed by atoms with E-state index in [1.807, 2.05) is 12.1 Å². The quantitative estimate of drug-likeness (QED) is 0.889. The normalized spacial score (nSPS) is 20.1. The van der Waals surface area contributed by atoms with Gasteiger partial charge < -0.3 is 15.0 Å². The number of aliphatic hydroxyl groups excluding tert-OH is 1. The van der Waals surface area contributed by atoms with Gasteiger partial charge in [0, 0.05) is 11.9 Å². The Morgan fingerprint density at radius 1 is 1.36 bits per heavy atom. The Balaban J connectivity index is 1.99. The highest BCUT2D eigenvalue weighted by Gasteiger charge is 2.31. The van der Waals surface area contributed by atoms with Gasteiger partial charge in [-0.1, -0.05) is 18.2 Å². The molecular formula is C17H20N2O3. The van der Waals surface area contributed by atoms with Crippen LogP contribution in [0.4, 0.5) is 0 Å². The summed E-state index contributed by atoms with van der Waals surface area (Å²) in [6.07, 6.45) is 2.15. The molecule has 1 amide bonds. The second-order valence-corrected chi connectivity index (χ2v) is 5.90. The molecule has 2 N–H and O–H groups in total. The molecule has 0 spiro atoms. The zero-order valence-corrected chi connectivity index (χ0v) is 12.6. The Bertz CT molecular complexity index is 751. The summed E-state index contributed by atoms with van der Waals surface area (Å²) in [5.41, 5.74) is 0.0308. The molecule has 2 unspecified atom stereocenters. The van der Waals surface area contributed by atoms with Crippen LogP contribution in [0.15, 0.2) is 35.1 Å². The summed E-state index contributed by atoms with van der Waals surface area (Å²) in [6, 6.07) is 8.73. The Morgan fingerprint density at radius 2 is 2.14 bits per heavy atom. The smallest absolute Gasteiger partial charge is 0.270 e. The van der Waals surface area contributed by atoms with Gasteiger partial charge in [-0.15, -0.1) is 0 Å². The average molecular weight is 300 g/mol. The fraction of sp³-hybridized carbons (Fsp3) is 0.412. The summed E-state index contributed by atoms with van der Waals surface area (Å²) in [7, 11) is 0. The number of H-pyrrole nitrogens is 1. The number of rotatable bonds is 2. The van der Waals surface area contributed by atoms with Crippen LogP contribution in [0.5, 0.6) is 0 Å². The minimum atomic E-state index is -0.573. The number of aliphatic hydroxyl groups is 1. The van der Waals surface area contributed by atoms with Gasteiger partial charge in [0.25, 0.3) is 11.5 Å². The van der Waals surface area contributed by atoms with Crippen LogP contribution in [0, 0.1) is 0 Å². The first kappa shape index (κ1) is 14.8. The molecule has 3 rings (SSSR count). The van der Waals surface area contributed by atoms with Crippen molar-refractivity contribution in [3.05, 3.63) is 46.4 Å². The van der Waals surface area contributed by atoms with Crippen LogP contribution >= 0.6 is 0 Å². The number of pyridine rings is 1. The predicted octanol–water partition coefficient (Wildman–Crippen LogP) is 1.90. The molecule has 116 valence electrons. The monoisotopic (exact) mass is 300 g/mol. The van der Waals surface area contributed by atoms with Crippen LogP contribution in [0.3, 0.4) is 0 Å². The molecule has 0 radical (unpaired) electrons. The standard InChI is InChI=1S/C17H20N2O3/c1-11(20)15-8-4-5-9-19(15)17(22)14-10-12-6-2-3-7-13(12)16(21)18-14/h2-3,6-7,10-11,15,20H,4-5,8-9H2,1H3,(H,18,21). The lowest BCUT2D eigenvalue weighted by atomic mass is 9.97. The van der Waals surface area contributed by atoms with Gasteiger partial charge >= 0.3 is 0 Å². The van der Waals surface area contributed by atoms with Gasteiger partial charge in [0.2, 0.25) is 0 Å². The van der Waals surface area contributed by atoms with E-state index in [0.29, 0.717) is 11.9 Å². The van der Waals surface area contributed by atoms with Crippen molar-refractivity contribution in [2.24, 2.45) is 0 Å². The summed E-state index contributed by atoms with van der Waals surface area (Å²) >= 11 is 0. The van der Waals surface area contributed by atoms with Gasteiger partial charge in [-0.2, -0.15) is 0 Å². The number of benzene rings is 1. The highest BCUT2D eigenvalue weighted by Crippen LogP contribution is 2.22. The summed E-state index contributed by atoms with van der Waals surface area (Å²) in [5.74, 6) is -0.214. The molecule has 0 bridgehead atoms. The Hall–Kier alpha value is -2.14. The molecular weight excluding hydrogens is 280 g/mol. The van der Waals surface area contributed by atoms with Crippen molar-refractivity contribution in [3.8, 4) is 0 Å². The van der Waals surface area contributed by atoms with Crippen molar-refractivity contribution >= 4 is 16.7 Å². The summed E-state index contributed by atoms with van der Waals surface area (Å²) in [5, 5.41) is 11.2. The largest absolute Gasteiger partial charge is 0.391 e. The van der Waals surface area contributed by atoms with E-state index in [2.05, 4.69) is 4.98 Å². The minimum Gasteiger partial charge on any atom is -0.391 e. The van der Waals surface area contributed by atoms with Gasteiger partial charge in [-0.3, -0.25) is 9.59 Å². The fourth-order valence-electron chi connectivity index (χ4n) is 3.19. The number of fused-ring (bicyclic) bond motifs is 1. The molecule has 0 saturated carbocycles. The van der Waals surface area contributed by atoms with E-state index >= 15 is 0 Å². The van der Waals surface area contributed by atoms with Gasteiger partial charge in [0.1, 0.15) is 5.69 Å². The van der Waals surface area contributed by atoms with Crippen molar-refractivity contribution in [1.82, 2.24) is 9.88 Å². The fourth-order valence-corrected chi connectivity index (χ4v) is 3.19. The van der Waals surface area contributed by atoms with Gasteiger partial charge in [-0.25, -0.2) is 0 Å². The van der Waals surface area contributed by atoms with Gasteiger partial charge in [-0.05, 0) is 43.7 Å². The average Bonchev–Trinajstić information content (AvgIpc) is 2.54. The van der Waals surface area contributed by atoms with Crippen LogP contribution in [0.25, 0.3) is 10.8 Å². The number of piperidine rings is 1. The number of likely N-dealkylation sites (tertiary alicyclic amines) is 1. The Morgan fingerprint density at radius 3 is 2.91 bits per heavy atom. The molecule has 1 aromatic carbocycles. The first-order valence-electron chi connectivity index (χ1n) is 7.69. The number of hydrogen-bond acceptors (Lipinski definition) is 3. The lowest BCUT2D eigenvalue weighted by molar-refractivity contribution is 0.0276. The van der Waals surface area contributed by atoms with Gasteiger partial charge in [0.05, 0.1) is 12.1 Å². The van der Waals surface area contributed by atoms with E-state index in [1.165, 1.54) is 0 Å². The van der Waals surface area contributed by atoms with E-state index in [4.69, 9.17) is 0 Å². The number of amides is 1. The van der Waals surface area contributed by atoms with Gasteiger partial charge in [0.15, 0.2) is 0 Å². The number of aromatic nitrogens is 1. The molecule has 2 heterocycles. The zero-order valence-electron chi connectivity index (χ0n) is 12.6. The number of aromatic amines is 1. The van der Waals surface area contributed by atoms with E-state index in [9.17, 15) is 14.7 Å². The second-order valence-electron chi connectivity index (χ2n) is 5.90. The molecule has 0 aliphatic carbocycles. The van der Waals surface area contributed by atoms with E-state index in [-0.39, 0.29) is 23.2 Å². The molecule has 1 aliphatic rings. The zero-order chi connectivity index (χ0) is 15.7. The van der Waals surface area contributed by atoms with Crippen molar-refractivity contribution < 1.29 is 9.90 Å². The third-order valence-corrected chi connectivity index (χ3v) is 4.35. The Labute approximate surface area is 128 Å². The highest BCUT2D eigenvalue weighted by atomic mass is 16.3. The first-order valence-corrected chi connectivity index (χ1v) is 7.69. The molecule has 2 atom stereocenters. The first-order chi connectivity index (χ1) is 10.6. The lowest BCUT2D eigenvalue weighted by Gasteiger charge is -2.37. The Kier molecular flexibility index (Phi) is 3.98. The molecule has 1 aliphatic heterocycles. The SMILES string of the molecule is CC(O)C1CCCCN1C(=O)c1cc2ccccc2c(=O)[nH]1. The summed E-state index contributed by atoms with van der Waals surface area (Å²) in [4.78, 5) is 29.2. The van der Waals surface area contributed by atoms with Crippen LogP contribution in [-0.2, 0) is 0 Å². The maximum atomic E-state index is 12.8. The number of nitrogens with zero attached hydrogens (tertiary/aromatic N) is 1. The van der Waals surface area contributed by atoms with Crippen molar-refractivity contribution in [2.75, 3.05) is 6.54 Å². The van der Waals surface area contributed by atoms with Crippen LogP contribution < -0.4 is 5.56 Å². The summed E-state index contributed by atoms with van der Waals surface area (Å²) in [6.45, 7) is 2.32. The predicted molar refractivity (Wildman–Crippen MR) is 84.9 cm³/mol. The molecule has 1 fully saturated rings. The molecule has 1 aromatic heterocycles. The number of nitrogens with one attached hydrogen (secondary N) is 1. The molecule has 2 aromatic rings. The van der Waals surface area contributed by atoms with E-state index in [1.54, 1.807) is 30.0 Å². The molecule has 5 nitrogen and oxygen atoms in total. The molecule has 5 heteroatoms. The second kappa shape index (κ2) is 5.93. The third kappa shape index (κ3) is 2.64. The lowest BCUT2D eigenvalue weighted by Crippen LogP contribution is -2.49. The minimum absolute atomic E-state index is 0.184. The third-order valence-electron chi connectivity index (χ3n) is 4.35. The van der Waals surface area contributed by atoms with E-state index < -0.39 is 6.10 Å². The maximum Gasteiger partial charge on any atom is 0.270 e. The molecule has 1 saturated heterocycles. The van der Waals surface area contributed by atoms with Crippen molar-refractivity contribution in [2.45, 2.75) is 38.3 Å². The van der Waals surface area contributed by atoms with Crippen LogP contribution in [0.2, 0.25) is 0 Å². The highest BCUT2D eigenvalue weighted by molar-refractivity contribution is 5.96. The van der Waals surface area contributed by atoms with Crippen LogP contribution in [0.1, 0.15) is 36.7 Å². The maximum absolute atomic E-state index is 12.8. The number of carbonyl (C=O) groups is 1. The number of hydrogen-bond donors (Lipinski definition) is 2. The number of carbonyl (C=O) groups excluding carboxylic acids is 1.